The Morgan fingerprint density at radius 1 is 1.08 bits per heavy atom. The van der Waals surface area contributed by atoms with Crippen LogP contribution in [0.15, 0.2) is 30.3 Å². The molecule has 2 rings (SSSR count). The smallest absolute Gasteiger partial charge is 0.262 e. The third-order valence-corrected chi connectivity index (χ3v) is 4.54. The fraction of sp³-hybridized carbons (Fsp3) is 0.350. The summed E-state index contributed by atoms with van der Waals surface area (Å²) in [5.74, 6) is 0.519. The Kier molecular flexibility index (Phi) is 6.27. The lowest BCUT2D eigenvalue weighted by Gasteiger charge is -2.16. The van der Waals surface area contributed by atoms with Gasteiger partial charge in [0.2, 0.25) is 0 Å². The van der Waals surface area contributed by atoms with E-state index in [1.54, 1.807) is 0 Å². The second-order valence-electron chi connectivity index (χ2n) is 5.85. The van der Waals surface area contributed by atoms with Gasteiger partial charge >= 0.3 is 0 Å². The molecule has 0 spiro atoms. The molecule has 2 aromatic rings. The van der Waals surface area contributed by atoms with E-state index in [1.165, 1.54) is 5.56 Å². The molecular weight excluding hydrogens is 322 g/mol. The molecule has 0 aromatic heterocycles. The van der Waals surface area contributed by atoms with E-state index in [2.05, 4.69) is 12.2 Å². The molecule has 0 heterocycles. The summed E-state index contributed by atoms with van der Waals surface area (Å²) in [6.45, 7) is 8.13. The van der Waals surface area contributed by atoms with Crippen LogP contribution in [0.5, 0.6) is 5.75 Å². The maximum atomic E-state index is 12.3. The van der Waals surface area contributed by atoms with Crippen LogP contribution in [-0.4, -0.2) is 12.5 Å². The van der Waals surface area contributed by atoms with Gasteiger partial charge in [-0.3, -0.25) is 4.79 Å². The molecule has 0 aliphatic carbocycles. The molecule has 0 bridgehead atoms. The molecule has 0 aliphatic heterocycles. The average Bonchev–Trinajstić information content (AvgIpc) is 2.56. The van der Waals surface area contributed by atoms with Crippen molar-refractivity contribution in [2.45, 2.75) is 40.5 Å². The largest absolute Gasteiger partial charge is 0.484 e. The highest BCUT2D eigenvalue weighted by molar-refractivity contribution is 6.32. The van der Waals surface area contributed by atoms with Gasteiger partial charge in [0.1, 0.15) is 5.75 Å². The molecular formula is C20H24ClNO2. The Hall–Kier alpha value is -2.00. The number of carbonyl (C=O) groups is 1. The van der Waals surface area contributed by atoms with Crippen molar-refractivity contribution >= 4 is 23.2 Å². The first-order valence-corrected chi connectivity index (χ1v) is 8.64. The number of hydrogen-bond acceptors (Lipinski definition) is 2. The normalized spacial score (nSPS) is 10.5. The third kappa shape index (κ3) is 4.30. The predicted octanol–water partition coefficient (Wildman–Crippen LogP) is 5.10. The van der Waals surface area contributed by atoms with Gasteiger partial charge in [-0.25, -0.2) is 0 Å². The molecule has 4 heteroatoms. The Morgan fingerprint density at radius 2 is 1.83 bits per heavy atom. The number of benzene rings is 2. The Morgan fingerprint density at radius 3 is 2.46 bits per heavy atom. The van der Waals surface area contributed by atoms with E-state index in [-0.39, 0.29) is 12.5 Å². The van der Waals surface area contributed by atoms with E-state index >= 15 is 0 Å². The number of carbonyl (C=O) groups excluding carboxylic acids is 1. The second-order valence-corrected chi connectivity index (χ2v) is 6.26. The first kappa shape index (κ1) is 18.3. The average molecular weight is 346 g/mol. The van der Waals surface area contributed by atoms with Gasteiger partial charge in [-0.15, -0.1) is 0 Å². The summed E-state index contributed by atoms with van der Waals surface area (Å²) >= 11 is 6.26. The van der Waals surface area contributed by atoms with E-state index in [9.17, 15) is 4.79 Å². The standard InChI is InChI=1S/C20H24ClNO2/c1-5-15-8-10-18(21)17(6-2)20(15)22-19(23)12-24-16-9-7-13(3)14(4)11-16/h7-11H,5-6,12H2,1-4H3,(H,22,23). The van der Waals surface area contributed by atoms with Crippen molar-refractivity contribution in [1.29, 1.82) is 0 Å². The van der Waals surface area contributed by atoms with Gasteiger partial charge in [-0.05, 0) is 67.1 Å². The van der Waals surface area contributed by atoms with Gasteiger partial charge in [0, 0.05) is 10.7 Å². The molecule has 0 saturated carbocycles. The molecule has 0 radical (unpaired) electrons. The quantitative estimate of drug-likeness (QED) is 0.791. The Labute approximate surface area is 149 Å². The molecule has 128 valence electrons. The fourth-order valence-corrected chi connectivity index (χ4v) is 2.89. The third-order valence-electron chi connectivity index (χ3n) is 4.19. The molecule has 24 heavy (non-hydrogen) atoms. The van der Waals surface area contributed by atoms with E-state index in [1.807, 2.05) is 51.1 Å². The number of hydrogen-bond donors (Lipinski definition) is 1. The van der Waals surface area contributed by atoms with Gasteiger partial charge in [-0.1, -0.05) is 37.6 Å². The number of nitrogens with one attached hydrogen (secondary N) is 1. The summed E-state index contributed by atoms with van der Waals surface area (Å²) in [6, 6.07) is 9.66. The zero-order valence-corrected chi connectivity index (χ0v) is 15.5. The van der Waals surface area contributed by atoms with Crippen LogP contribution >= 0.6 is 11.6 Å². The fourth-order valence-electron chi connectivity index (χ4n) is 2.59. The molecule has 0 fully saturated rings. The van der Waals surface area contributed by atoms with Crippen LogP contribution in [0.4, 0.5) is 5.69 Å². The van der Waals surface area contributed by atoms with Gasteiger partial charge in [0.25, 0.3) is 5.91 Å². The van der Waals surface area contributed by atoms with E-state index < -0.39 is 0 Å². The minimum absolute atomic E-state index is 0.0265. The number of anilines is 1. The maximum absolute atomic E-state index is 12.3. The van der Waals surface area contributed by atoms with Crippen molar-refractivity contribution < 1.29 is 9.53 Å². The number of aryl methyl sites for hydroxylation is 3. The summed E-state index contributed by atoms with van der Waals surface area (Å²) in [5.41, 5.74) is 5.21. The molecule has 3 nitrogen and oxygen atoms in total. The van der Waals surface area contributed by atoms with Crippen LogP contribution in [0.25, 0.3) is 0 Å². The molecule has 0 saturated heterocycles. The van der Waals surface area contributed by atoms with E-state index in [4.69, 9.17) is 16.3 Å². The number of halogens is 1. The molecule has 0 aliphatic rings. The molecule has 2 aromatic carbocycles. The van der Waals surface area contributed by atoms with E-state index in [0.717, 1.165) is 35.2 Å². The summed E-state index contributed by atoms with van der Waals surface area (Å²) in [7, 11) is 0. The zero-order valence-electron chi connectivity index (χ0n) is 14.7. The second kappa shape index (κ2) is 8.20. The molecule has 1 amide bonds. The van der Waals surface area contributed by atoms with Crippen molar-refractivity contribution in [3.05, 3.63) is 57.6 Å². The lowest BCUT2D eigenvalue weighted by molar-refractivity contribution is -0.118. The lowest BCUT2D eigenvalue weighted by atomic mass is 10.0. The predicted molar refractivity (Wildman–Crippen MR) is 100 cm³/mol. The first-order valence-electron chi connectivity index (χ1n) is 8.26. The highest BCUT2D eigenvalue weighted by atomic mass is 35.5. The maximum Gasteiger partial charge on any atom is 0.262 e. The highest BCUT2D eigenvalue weighted by Crippen LogP contribution is 2.29. The number of amides is 1. The van der Waals surface area contributed by atoms with Gasteiger partial charge in [-0.2, -0.15) is 0 Å². The molecule has 1 N–H and O–H groups in total. The van der Waals surface area contributed by atoms with Crippen LogP contribution in [0, 0.1) is 13.8 Å². The minimum atomic E-state index is -0.181. The van der Waals surface area contributed by atoms with Crippen molar-refractivity contribution in [2.24, 2.45) is 0 Å². The first-order chi connectivity index (χ1) is 11.5. The van der Waals surface area contributed by atoms with E-state index in [0.29, 0.717) is 10.8 Å². The van der Waals surface area contributed by atoms with Crippen LogP contribution in [-0.2, 0) is 17.6 Å². The van der Waals surface area contributed by atoms with Crippen LogP contribution in [0.1, 0.15) is 36.1 Å². The summed E-state index contributed by atoms with van der Waals surface area (Å²) in [6.07, 6.45) is 1.60. The van der Waals surface area contributed by atoms with Crippen LogP contribution < -0.4 is 10.1 Å². The Balaban J connectivity index is 2.09. The zero-order chi connectivity index (χ0) is 17.7. The van der Waals surface area contributed by atoms with Crippen molar-refractivity contribution in [1.82, 2.24) is 0 Å². The number of ether oxygens (including phenoxy) is 1. The van der Waals surface area contributed by atoms with Crippen LogP contribution in [0.2, 0.25) is 5.02 Å². The minimum Gasteiger partial charge on any atom is -0.484 e. The van der Waals surface area contributed by atoms with Crippen molar-refractivity contribution in [3.63, 3.8) is 0 Å². The monoisotopic (exact) mass is 345 g/mol. The lowest BCUT2D eigenvalue weighted by Crippen LogP contribution is -2.22. The van der Waals surface area contributed by atoms with Gasteiger partial charge < -0.3 is 10.1 Å². The molecule has 0 unspecified atom stereocenters. The summed E-state index contributed by atoms with van der Waals surface area (Å²) in [5, 5.41) is 3.65. The van der Waals surface area contributed by atoms with Gasteiger partial charge in [0.15, 0.2) is 6.61 Å². The highest BCUT2D eigenvalue weighted by Gasteiger charge is 2.13. The van der Waals surface area contributed by atoms with Crippen molar-refractivity contribution in [2.75, 3.05) is 11.9 Å². The topological polar surface area (TPSA) is 38.3 Å². The Bertz CT molecular complexity index is 741. The molecule has 0 atom stereocenters. The SMILES string of the molecule is CCc1ccc(Cl)c(CC)c1NC(=O)COc1ccc(C)c(C)c1. The number of rotatable bonds is 6. The summed E-state index contributed by atoms with van der Waals surface area (Å²) in [4.78, 5) is 12.3. The van der Waals surface area contributed by atoms with Crippen LogP contribution in [0.3, 0.4) is 0 Å². The summed E-state index contributed by atoms with van der Waals surface area (Å²) < 4.78 is 5.61. The van der Waals surface area contributed by atoms with Gasteiger partial charge in [0.05, 0.1) is 0 Å². The van der Waals surface area contributed by atoms with Crippen molar-refractivity contribution in [3.8, 4) is 5.75 Å².